The van der Waals surface area contributed by atoms with Crippen LogP contribution in [0.25, 0.3) is 5.69 Å². The molecule has 108 valence electrons. The highest BCUT2D eigenvalue weighted by atomic mass is 16.2. The van der Waals surface area contributed by atoms with E-state index in [0.29, 0.717) is 0 Å². The Balaban J connectivity index is 1.87. The Morgan fingerprint density at radius 1 is 1.09 bits per heavy atom. The summed E-state index contributed by atoms with van der Waals surface area (Å²) in [5.41, 5.74) is 4.31. The van der Waals surface area contributed by atoms with Gasteiger partial charge in [-0.25, -0.2) is 0 Å². The smallest absolute Gasteiger partial charge is 0.255 e. The van der Waals surface area contributed by atoms with Crippen LogP contribution >= 0.6 is 0 Å². The van der Waals surface area contributed by atoms with Crippen LogP contribution in [0.2, 0.25) is 0 Å². The molecule has 2 saturated heterocycles. The molecule has 1 aliphatic carbocycles. The van der Waals surface area contributed by atoms with Crippen molar-refractivity contribution in [3.05, 3.63) is 63.6 Å². The molecule has 0 N–H and O–H groups in total. The molecule has 4 aliphatic rings. The number of para-hydroxylation sites is 1. The van der Waals surface area contributed by atoms with Crippen molar-refractivity contribution < 1.29 is 4.79 Å². The second kappa shape index (κ2) is 3.19. The number of hydrogen-bond acceptors (Lipinski definition) is 2. The van der Waals surface area contributed by atoms with Gasteiger partial charge in [-0.3, -0.25) is 14.2 Å². The maximum absolute atomic E-state index is 12.7. The lowest BCUT2D eigenvalue weighted by molar-refractivity contribution is -0.129. The number of rotatable bonds is 0. The fourth-order valence-electron chi connectivity index (χ4n) is 5.56. The van der Waals surface area contributed by atoms with Gasteiger partial charge in [-0.1, -0.05) is 24.3 Å². The number of amides is 1. The first-order chi connectivity index (χ1) is 10.7. The third-order valence-electron chi connectivity index (χ3n) is 6.28. The van der Waals surface area contributed by atoms with E-state index in [2.05, 4.69) is 17.0 Å². The standard InChI is InChI=1S/C18H14N2O2/c21-15-6-5-10-11-9-14-18(7-8-19(14)17(11)22)12-3-1-2-4-13(12)20(15)16(10)18/h1-6,11,14H,7-9H2. The molecule has 1 aromatic heterocycles. The van der Waals surface area contributed by atoms with Gasteiger partial charge in [-0.05, 0) is 30.0 Å². The first kappa shape index (κ1) is 11.2. The number of carbonyl (C=O) groups excluding carboxylic acids is 1. The molecule has 22 heavy (non-hydrogen) atoms. The summed E-state index contributed by atoms with van der Waals surface area (Å²) in [7, 11) is 0. The molecule has 0 radical (unpaired) electrons. The molecule has 1 amide bonds. The summed E-state index contributed by atoms with van der Waals surface area (Å²) in [5.74, 6) is 0.213. The Kier molecular flexibility index (Phi) is 1.63. The van der Waals surface area contributed by atoms with E-state index in [1.165, 1.54) is 5.56 Å². The van der Waals surface area contributed by atoms with Gasteiger partial charge >= 0.3 is 0 Å². The van der Waals surface area contributed by atoms with Gasteiger partial charge in [-0.2, -0.15) is 0 Å². The Morgan fingerprint density at radius 2 is 1.95 bits per heavy atom. The topological polar surface area (TPSA) is 42.3 Å². The lowest BCUT2D eigenvalue weighted by Gasteiger charge is -2.36. The average Bonchev–Trinajstić information content (AvgIpc) is 3.15. The highest BCUT2D eigenvalue weighted by Crippen LogP contribution is 2.61. The molecule has 6 rings (SSSR count). The molecular formula is C18H14N2O2. The summed E-state index contributed by atoms with van der Waals surface area (Å²) >= 11 is 0. The van der Waals surface area contributed by atoms with Gasteiger partial charge in [0, 0.05) is 24.3 Å². The number of nitrogens with zero attached hydrogens (tertiary/aromatic N) is 2. The van der Waals surface area contributed by atoms with Crippen molar-refractivity contribution in [2.75, 3.05) is 6.54 Å². The van der Waals surface area contributed by atoms with Crippen molar-refractivity contribution >= 4 is 5.91 Å². The summed E-state index contributed by atoms with van der Waals surface area (Å²) < 4.78 is 1.88. The first-order valence-electron chi connectivity index (χ1n) is 7.90. The minimum absolute atomic E-state index is 0.0234. The normalized spacial score (nSPS) is 32.4. The molecule has 0 saturated carbocycles. The molecule has 3 aliphatic heterocycles. The Morgan fingerprint density at radius 3 is 2.86 bits per heavy atom. The third kappa shape index (κ3) is 0.901. The summed E-state index contributed by atoms with van der Waals surface area (Å²) in [6.07, 6.45) is 1.84. The van der Waals surface area contributed by atoms with E-state index in [1.807, 2.05) is 22.8 Å². The van der Waals surface area contributed by atoms with Crippen molar-refractivity contribution in [2.24, 2.45) is 0 Å². The fourth-order valence-corrected chi connectivity index (χ4v) is 5.56. The number of fused-ring (bicyclic) bond motifs is 4. The highest BCUT2D eigenvalue weighted by Gasteiger charge is 2.65. The molecular weight excluding hydrogens is 276 g/mol. The van der Waals surface area contributed by atoms with E-state index in [0.717, 1.165) is 36.3 Å². The van der Waals surface area contributed by atoms with E-state index >= 15 is 0 Å². The number of hydrogen-bond donors (Lipinski definition) is 0. The monoisotopic (exact) mass is 290 g/mol. The van der Waals surface area contributed by atoms with Crippen LogP contribution < -0.4 is 5.56 Å². The van der Waals surface area contributed by atoms with Gasteiger partial charge in [-0.15, -0.1) is 0 Å². The summed E-state index contributed by atoms with van der Waals surface area (Å²) in [6.45, 7) is 0.816. The van der Waals surface area contributed by atoms with Crippen LogP contribution in [-0.4, -0.2) is 28.0 Å². The van der Waals surface area contributed by atoms with Gasteiger partial charge in [0.05, 0.1) is 17.0 Å². The zero-order valence-electron chi connectivity index (χ0n) is 12.0. The molecule has 2 aromatic rings. The van der Waals surface area contributed by atoms with Crippen molar-refractivity contribution in [3.8, 4) is 5.69 Å². The van der Waals surface area contributed by atoms with Crippen LogP contribution in [0.4, 0.5) is 0 Å². The number of aromatic nitrogens is 1. The van der Waals surface area contributed by atoms with E-state index in [1.54, 1.807) is 6.07 Å². The van der Waals surface area contributed by atoms with Crippen molar-refractivity contribution in [1.82, 2.24) is 9.47 Å². The van der Waals surface area contributed by atoms with Gasteiger partial charge in [0.15, 0.2) is 0 Å². The SMILES string of the molecule is O=C1C2CC3N1CCC31c3ccccc3-n3c1c2ccc3=O. The molecule has 3 atom stereocenters. The Labute approximate surface area is 127 Å². The van der Waals surface area contributed by atoms with Crippen LogP contribution in [0.3, 0.4) is 0 Å². The number of carbonyl (C=O) groups is 1. The molecule has 2 fully saturated rings. The lowest BCUT2D eigenvalue weighted by atomic mass is 9.65. The van der Waals surface area contributed by atoms with E-state index < -0.39 is 0 Å². The largest absolute Gasteiger partial charge is 0.338 e. The van der Waals surface area contributed by atoms with Crippen LogP contribution in [-0.2, 0) is 10.2 Å². The Bertz CT molecular complexity index is 944. The van der Waals surface area contributed by atoms with Gasteiger partial charge in [0.1, 0.15) is 0 Å². The number of benzene rings is 1. The summed E-state index contributed by atoms with van der Waals surface area (Å²) in [4.78, 5) is 27.4. The summed E-state index contributed by atoms with van der Waals surface area (Å²) in [5, 5.41) is 0. The van der Waals surface area contributed by atoms with Gasteiger partial charge in [0.25, 0.3) is 5.56 Å². The third-order valence-corrected chi connectivity index (χ3v) is 6.28. The molecule has 4 nitrogen and oxygen atoms in total. The predicted molar refractivity (Wildman–Crippen MR) is 80.3 cm³/mol. The van der Waals surface area contributed by atoms with Crippen molar-refractivity contribution in [2.45, 2.75) is 30.2 Å². The molecule has 4 heterocycles. The second-order valence-electron chi connectivity index (χ2n) is 6.89. The Hall–Kier alpha value is -2.36. The second-order valence-corrected chi connectivity index (χ2v) is 6.89. The zero-order chi connectivity index (χ0) is 14.6. The van der Waals surface area contributed by atoms with Crippen LogP contribution in [0, 0.1) is 0 Å². The molecule has 4 heteroatoms. The van der Waals surface area contributed by atoms with E-state index in [-0.39, 0.29) is 28.8 Å². The van der Waals surface area contributed by atoms with Crippen molar-refractivity contribution in [1.29, 1.82) is 0 Å². The maximum atomic E-state index is 12.7. The van der Waals surface area contributed by atoms with Crippen LogP contribution in [0.5, 0.6) is 0 Å². The molecule has 1 spiro atoms. The van der Waals surface area contributed by atoms with Crippen LogP contribution in [0.1, 0.15) is 35.6 Å². The van der Waals surface area contributed by atoms with E-state index in [4.69, 9.17) is 0 Å². The van der Waals surface area contributed by atoms with Crippen molar-refractivity contribution in [3.63, 3.8) is 0 Å². The lowest BCUT2D eigenvalue weighted by Crippen LogP contribution is -2.41. The fraction of sp³-hybridized carbons (Fsp3) is 0.333. The molecule has 3 unspecified atom stereocenters. The average molecular weight is 290 g/mol. The maximum Gasteiger partial charge on any atom is 0.255 e. The quantitative estimate of drug-likeness (QED) is 0.738. The van der Waals surface area contributed by atoms with Crippen LogP contribution in [0.15, 0.2) is 41.2 Å². The van der Waals surface area contributed by atoms with E-state index in [9.17, 15) is 9.59 Å². The zero-order valence-corrected chi connectivity index (χ0v) is 12.0. The molecule has 2 bridgehead atoms. The first-order valence-corrected chi connectivity index (χ1v) is 7.90. The van der Waals surface area contributed by atoms with Gasteiger partial charge < -0.3 is 4.90 Å². The predicted octanol–water partition coefficient (Wildman–Crippen LogP) is 1.54. The minimum Gasteiger partial charge on any atom is -0.338 e. The van der Waals surface area contributed by atoms with Gasteiger partial charge in [0.2, 0.25) is 5.91 Å². The molecule has 1 aromatic carbocycles. The summed E-state index contributed by atoms with van der Waals surface area (Å²) in [6, 6.07) is 12.0. The minimum atomic E-state index is -0.158. The number of pyridine rings is 1. The highest BCUT2D eigenvalue weighted by molar-refractivity contribution is 5.90.